The van der Waals surface area contributed by atoms with Gasteiger partial charge in [-0.15, -0.1) is 11.6 Å². The number of anilines is 1. The zero-order chi connectivity index (χ0) is 15.7. The summed E-state index contributed by atoms with van der Waals surface area (Å²) < 4.78 is 0. The molecule has 112 valence electrons. The van der Waals surface area contributed by atoms with Gasteiger partial charge in [-0.3, -0.25) is 4.79 Å². The zero-order valence-corrected chi connectivity index (χ0v) is 13.9. The number of aromatic hydroxyl groups is 1. The number of hydrogen-bond donors (Lipinski definition) is 2. The maximum atomic E-state index is 11.5. The van der Waals surface area contributed by atoms with Gasteiger partial charge in [0.15, 0.2) is 0 Å². The van der Waals surface area contributed by atoms with Gasteiger partial charge in [0.1, 0.15) is 11.6 Å². The largest absolute Gasteiger partial charge is 0.505 e. The third kappa shape index (κ3) is 3.89. The molecule has 1 aromatic rings. The smallest absolute Gasteiger partial charge is 0.239 e. The van der Waals surface area contributed by atoms with Crippen LogP contribution in [0.15, 0.2) is 12.1 Å². The Morgan fingerprint density at radius 3 is 2.10 bits per heavy atom. The van der Waals surface area contributed by atoms with Gasteiger partial charge in [0.2, 0.25) is 5.91 Å². The molecule has 0 saturated carbocycles. The van der Waals surface area contributed by atoms with Crippen LogP contribution >= 0.6 is 11.6 Å². The average molecular weight is 298 g/mol. The summed E-state index contributed by atoms with van der Waals surface area (Å²) in [4.78, 5) is 11.5. The van der Waals surface area contributed by atoms with Crippen molar-refractivity contribution in [1.29, 1.82) is 0 Å². The van der Waals surface area contributed by atoms with E-state index in [1.54, 1.807) is 0 Å². The Bertz CT molecular complexity index is 510. The van der Waals surface area contributed by atoms with Crippen molar-refractivity contribution in [2.75, 3.05) is 11.2 Å². The van der Waals surface area contributed by atoms with E-state index < -0.39 is 0 Å². The number of carbonyl (C=O) groups is 1. The van der Waals surface area contributed by atoms with Gasteiger partial charge in [-0.2, -0.15) is 0 Å². The molecule has 0 aromatic heterocycles. The van der Waals surface area contributed by atoms with E-state index in [0.717, 1.165) is 11.1 Å². The number of halogens is 1. The van der Waals surface area contributed by atoms with Crippen molar-refractivity contribution in [1.82, 2.24) is 0 Å². The van der Waals surface area contributed by atoms with Crippen LogP contribution in [0.1, 0.15) is 52.7 Å². The molecular weight excluding hydrogens is 274 g/mol. The molecule has 0 spiro atoms. The Kier molecular flexibility index (Phi) is 4.75. The lowest BCUT2D eigenvalue weighted by Gasteiger charge is -2.27. The van der Waals surface area contributed by atoms with E-state index in [-0.39, 0.29) is 28.4 Å². The third-order valence-electron chi connectivity index (χ3n) is 3.18. The van der Waals surface area contributed by atoms with Gasteiger partial charge < -0.3 is 10.4 Å². The summed E-state index contributed by atoms with van der Waals surface area (Å²) in [5.74, 6) is -0.346. The van der Waals surface area contributed by atoms with E-state index >= 15 is 0 Å². The van der Waals surface area contributed by atoms with Crippen molar-refractivity contribution >= 4 is 23.2 Å². The van der Waals surface area contributed by atoms with Crippen molar-refractivity contribution < 1.29 is 9.90 Å². The number of phenolic OH excluding ortho intramolecular Hbond substituents is 1. The molecule has 1 aromatic carbocycles. The third-order valence-corrected chi connectivity index (χ3v) is 3.42. The number of alkyl halides is 1. The second-order valence-electron chi connectivity index (χ2n) is 7.10. The summed E-state index contributed by atoms with van der Waals surface area (Å²) in [6.45, 7) is 12.4. The molecule has 20 heavy (non-hydrogen) atoms. The van der Waals surface area contributed by atoms with E-state index in [0.29, 0.717) is 5.69 Å². The molecule has 0 heterocycles. The first kappa shape index (κ1) is 16.8. The molecule has 1 rings (SSSR count). The number of carbonyl (C=O) groups excluding carboxylic acids is 1. The van der Waals surface area contributed by atoms with Gasteiger partial charge >= 0.3 is 0 Å². The maximum absolute atomic E-state index is 11.5. The van der Waals surface area contributed by atoms with Crippen LogP contribution < -0.4 is 5.32 Å². The summed E-state index contributed by atoms with van der Waals surface area (Å²) in [6, 6.07) is 3.82. The molecule has 1 amide bonds. The number of nitrogens with one attached hydrogen (secondary N) is 1. The van der Waals surface area contributed by atoms with Crippen LogP contribution in [0.25, 0.3) is 0 Å². The zero-order valence-electron chi connectivity index (χ0n) is 13.1. The normalized spacial score (nSPS) is 12.3. The SMILES string of the molecule is CC(C)(C)c1cc(NC(=O)CCl)c(O)c(C(C)(C)C)c1. The van der Waals surface area contributed by atoms with Gasteiger partial charge in [0, 0.05) is 5.56 Å². The van der Waals surface area contributed by atoms with Crippen LogP contribution in [0.4, 0.5) is 5.69 Å². The highest BCUT2D eigenvalue weighted by atomic mass is 35.5. The standard InChI is InChI=1S/C16H24ClNO2/c1-15(2,3)10-7-11(16(4,5)6)14(20)12(8-10)18-13(19)9-17/h7-8,20H,9H2,1-6H3,(H,18,19). The minimum Gasteiger partial charge on any atom is -0.505 e. The van der Waals surface area contributed by atoms with E-state index in [2.05, 4.69) is 26.1 Å². The lowest BCUT2D eigenvalue weighted by Crippen LogP contribution is -2.19. The fourth-order valence-electron chi connectivity index (χ4n) is 1.92. The first-order valence-electron chi connectivity index (χ1n) is 6.70. The second-order valence-corrected chi connectivity index (χ2v) is 7.37. The monoisotopic (exact) mass is 297 g/mol. The van der Waals surface area contributed by atoms with Gasteiger partial charge in [-0.05, 0) is 22.5 Å². The highest BCUT2D eigenvalue weighted by Gasteiger charge is 2.25. The van der Waals surface area contributed by atoms with Crippen molar-refractivity contribution in [3.63, 3.8) is 0 Å². The summed E-state index contributed by atoms with van der Waals surface area (Å²) in [7, 11) is 0. The number of benzene rings is 1. The van der Waals surface area contributed by atoms with Gasteiger partial charge in [0.25, 0.3) is 0 Å². The molecule has 0 bridgehead atoms. The van der Waals surface area contributed by atoms with Crippen LogP contribution in [0.3, 0.4) is 0 Å². The number of phenols is 1. The molecule has 2 N–H and O–H groups in total. The molecule has 0 atom stereocenters. The first-order valence-corrected chi connectivity index (χ1v) is 7.24. The quantitative estimate of drug-likeness (QED) is 0.636. The molecule has 0 unspecified atom stereocenters. The molecule has 0 fully saturated rings. The van der Waals surface area contributed by atoms with Crippen LogP contribution in [-0.4, -0.2) is 16.9 Å². The van der Waals surface area contributed by atoms with Crippen molar-refractivity contribution in [2.24, 2.45) is 0 Å². The lowest BCUT2D eigenvalue weighted by atomic mass is 9.79. The molecule has 0 aliphatic rings. The van der Waals surface area contributed by atoms with Gasteiger partial charge in [-0.25, -0.2) is 0 Å². The van der Waals surface area contributed by atoms with Crippen molar-refractivity contribution in [3.8, 4) is 5.75 Å². The lowest BCUT2D eigenvalue weighted by molar-refractivity contribution is -0.113. The Labute approximate surface area is 126 Å². The Hall–Kier alpha value is -1.22. The maximum Gasteiger partial charge on any atom is 0.239 e. The van der Waals surface area contributed by atoms with Crippen LogP contribution in [0.5, 0.6) is 5.75 Å². The number of rotatable bonds is 2. The Morgan fingerprint density at radius 2 is 1.70 bits per heavy atom. The van der Waals surface area contributed by atoms with Gasteiger partial charge in [-0.1, -0.05) is 47.6 Å². The summed E-state index contributed by atoms with van der Waals surface area (Å²) >= 11 is 5.52. The minimum absolute atomic E-state index is 0.0753. The summed E-state index contributed by atoms with van der Waals surface area (Å²) in [5.41, 5.74) is 2.01. The van der Waals surface area contributed by atoms with Crippen LogP contribution in [0, 0.1) is 0 Å². The average Bonchev–Trinajstić information content (AvgIpc) is 2.28. The molecule has 0 aliphatic heterocycles. The van der Waals surface area contributed by atoms with Gasteiger partial charge in [0.05, 0.1) is 5.69 Å². The number of hydrogen-bond acceptors (Lipinski definition) is 2. The summed E-state index contributed by atoms with van der Waals surface area (Å²) in [6.07, 6.45) is 0. The predicted molar refractivity (Wildman–Crippen MR) is 84.9 cm³/mol. The fraction of sp³-hybridized carbons (Fsp3) is 0.562. The van der Waals surface area contributed by atoms with E-state index in [4.69, 9.17) is 11.6 Å². The molecule has 3 nitrogen and oxygen atoms in total. The van der Waals surface area contributed by atoms with E-state index in [9.17, 15) is 9.90 Å². The molecule has 0 saturated heterocycles. The van der Waals surface area contributed by atoms with E-state index in [1.807, 2.05) is 32.9 Å². The summed E-state index contributed by atoms with van der Waals surface area (Å²) in [5, 5.41) is 13.1. The highest BCUT2D eigenvalue weighted by Crippen LogP contribution is 2.40. The van der Waals surface area contributed by atoms with Crippen LogP contribution in [-0.2, 0) is 15.6 Å². The second kappa shape index (κ2) is 5.65. The highest BCUT2D eigenvalue weighted by molar-refractivity contribution is 6.29. The number of amides is 1. The van der Waals surface area contributed by atoms with Crippen molar-refractivity contribution in [2.45, 2.75) is 52.4 Å². The van der Waals surface area contributed by atoms with Crippen LogP contribution in [0.2, 0.25) is 0 Å². The fourth-order valence-corrected chi connectivity index (χ4v) is 1.98. The molecule has 0 radical (unpaired) electrons. The van der Waals surface area contributed by atoms with E-state index in [1.165, 1.54) is 0 Å². The predicted octanol–water partition coefficient (Wildman–Crippen LogP) is 4.16. The molecular formula is C16H24ClNO2. The first-order chi connectivity index (χ1) is 8.96. The Morgan fingerprint density at radius 1 is 1.15 bits per heavy atom. The Balaban J connectivity index is 3.47. The topological polar surface area (TPSA) is 49.3 Å². The molecule has 0 aliphatic carbocycles. The van der Waals surface area contributed by atoms with Crippen molar-refractivity contribution in [3.05, 3.63) is 23.3 Å². The minimum atomic E-state index is -0.326. The molecule has 4 heteroatoms.